The molecule has 1 saturated heterocycles. The van der Waals surface area contributed by atoms with Gasteiger partial charge >= 0.3 is 0 Å². The van der Waals surface area contributed by atoms with Crippen LogP contribution in [0, 0.1) is 0 Å². The van der Waals surface area contributed by atoms with Gasteiger partial charge in [0.15, 0.2) is 0 Å². The van der Waals surface area contributed by atoms with Gasteiger partial charge in [-0.3, -0.25) is 0 Å². The standard InChI is InChI=1S/C12H19N3/c1-9-4-3-5-10(2)15(9)11-6-7-12(13)14-8-11/h6-10H,3-5H2,1-2H3,(H2,13,14)/t9-,10+. The number of anilines is 2. The first-order valence-corrected chi connectivity index (χ1v) is 5.68. The van der Waals surface area contributed by atoms with Gasteiger partial charge in [0, 0.05) is 12.1 Å². The molecule has 1 aliphatic heterocycles. The lowest BCUT2D eigenvalue weighted by molar-refractivity contribution is 0.414. The molecule has 0 saturated carbocycles. The number of nitrogen functional groups attached to an aromatic ring is 1. The smallest absolute Gasteiger partial charge is 0.123 e. The number of nitrogens with zero attached hydrogens (tertiary/aromatic N) is 2. The zero-order valence-electron chi connectivity index (χ0n) is 9.48. The zero-order chi connectivity index (χ0) is 10.8. The molecule has 2 heterocycles. The summed E-state index contributed by atoms with van der Waals surface area (Å²) in [6.45, 7) is 4.57. The van der Waals surface area contributed by atoms with Crippen molar-refractivity contribution in [3.63, 3.8) is 0 Å². The number of aromatic nitrogens is 1. The molecule has 0 bridgehead atoms. The van der Waals surface area contributed by atoms with Crippen LogP contribution in [-0.4, -0.2) is 17.1 Å². The molecule has 1 aromatic rings. The monoisotopic (exact) mass is 205 g/mol. The lowest BCUT2D eigenvalue weighted by atomic mass is 9.97. The number of nitrogens with two attached hydrogens (primary N) is 1. The van der Waals surface area contributed by atoms with Crippen LogP contribution >= 0.6 is 0 Å². The molecule has 0 radical (unpaired) electrons. The van der Waals surface area contributed by atoms with E-state index in [1.54, 1.807) is 0 Å². The van der Waals surface area contributed by atoms with Crippen molar-refractivity contribution < 1.29 is 0 Å². The number of hydrogen-bond acceptors (Lipinski definition) is 3. The molecule has 0 amide bonds. The Bertz CT molecular complexity index is 310. The highest BCUT2D eigenvalue weighted by molar-refractivity contribution is 5.49. The molecule has 0 spiro atoms. The molecule has 2 atom stereocenters. The van der Waals surface area contributed by atoms with E-state index in [4.69, 9.17) is 5.73 Å². The van der Waals surface area contributed by atoms with Crippen molar-refractivity contribution in [2.24, 2.45) is 0 Å². The highest BCUT2D eigenvalue weighted by atomic mass is 15.2. The maximum Gasteiger partial charge on any atom is 0.123 e. The predicted molar refractivity (Wildman–Crippen MR) is 63.9 cm³/mol. The summed E-state index contributed by atoms with van der Waals surface area (Å²) in [6.07, 6.45) is 5.76. The molecular formula is C12H19N3. The first-order chi connectivity index (χ1) is 7.18. The van der Waals surface area contributed by atoms with Gasteiger partial charge in [0.1, 0.15) is 5.82 Å². The lowest BCUT2D eigenvalue weighted by Gasteiger charge is -2.40. The molecule has 15 heavy (non-hydrogen) atoms. The van der Waals surface area contributed by atoms with E-state index in [1.165, 1.54) is 24.9 Å². The summed E-state index contributed by atoms with van der Waals surface area (Å²) >= 11 is 0. The van der Waals surface area contributed by atoms with E-state index in [0.717, 1.165) is 0 Å². The van der Waals surface area contributed by atoms with Crippen LogP contribution in [0.4, 0.5) is 11.5 Å². The van der Waals surface area contributed by atoms with E-state index in [-0.39, 0.29) is 0 Å². The minimum absolute atomic E-state index is 0.594. The lowest BCUT2D eigenvalue weighted by Crippen LogP contribution is -2.43. The van der Waals surface area contributed by atoms with Crippen molar-refractivity contribution >= 4 is 11.5 Å². The predicted octanol–water partition coefficient (Wildman–Crippen LogP) is 2.43. The number of piperidine rings is 1. The van der Waals surface area contributed by atoms with Crippen molar-refractivity contribution in [2.75, 3.05) is 10.6 Å². The van der Waals surface area contributed by atoms with Crippen LogP contribution in [0.1, 0.15) is 33.1 Å². The fourth-order valence-corrected chi connectivity index (χ4v) is 2.48. The summed E-state index contributed by atoms with van der Waals surface area (Å²) in [5.41, 5.74) is 6.79. The average Bonchev–Trinajstić information content (AvgIpc) is 2.20. The molecule has 1 aliphatic rings. The van der Waals surface area contributed by atoms with E-state index < -0.39 is 0 Å². The maximum absolute atomic E-state index is 5.60. The Balaban J connectivity index is 2.23. The average molecular weight is 205 g/mol. The second kappa shape index (κ2) is 4.09. The number of hydrogen-bond donors (Lipinski definition) is 1. The van der Waals surface area contributed by atoms with Crippen molar-refractivity contribution in [1.29, 1.82) is 0 Å². The first-order valence-electron chi connectivity index (χ1n) is 5.68. The number of rotatable bonds is 1. The summed E-state index contributed by atoms with van der Waals surface area (Å²) in [5, 5.41) is 0. The minimum Gasteiger partial charge on any atom is -0.384 e. The second-order valence-electron chi connectivity index (χ2n) is 4.48. The molecule has 2 rings (SSSR count). The molecule has 1 fully saturated rings. The SMILES string of the molecule is C[C@@H]1CCC[C@H](C)N1c1ccc(N)nc1. The Hall–Kier alpha value is -1.25. The quantitative estimate of drug-likeness (QED) is 0.765. The maximum atomic E-state index is 5.60. The van der Waals surface area contributed by atoms with Gasteiger partial charge in [0.05, 0.1) is 11.9 Å². The third-order valence-corrected chi connectivity index (χ3v) is 3.26. The van der Waals surface area contributed by atoms with Gasteiger partial charge in [0.25, 0.3) is 0 Å². The van der Waals surface area contributed by atoms with Crippen LogP contribution in [0.15, 0.2) is 18.3 Å². The Kier molecular flexibility index (Phi) is 2.80. The highest BCUT2D eigenvalue weighted by Crippen LogP contribution is 2.28. The molecule has 3 nitrogen and oxygen atoms in total. The van der Waals surface area contributed by atoms with Gasteiger partial charge in [0.2, 0.25) is 0 Å². The summed E-state index contributed by atoms with van der Waals surface area (Å²) < 4.78 is 0. The Morgan fingerprint density at radius 1 is 1.27 bits per heavy atom. The normalized spacial score (nSPS) is 26.7. The van der Waals surface area contributed by atoms with Crippen LogP contribution in [0.25, 0.3) is 0 Å². The summed E-state index contributed by atoms with van der Waals surface area (Å²) in [6, 6.07) is 5.17. The molecule has 0 unspecified atom stereocenters. The van der Waals surface area contributed by atoms with Crippen molar-refractivity contribution in [1.82, 2.24) is 4.98 Å². The van der Waals surface area contributed by atoms with Crippen LogP contribution in [0.5, 0.6) is 0 Å². The third-order valence-electron chi connectivity index (χ3n) is 3.26. The Morgan fingerprint density at radius 3 is 2.47 bits per heavy atom. The largest absolute Gasteiger partial charge is 0.384 e. The topological polar surface area (TPSA) is 42.1 Å². The molecule has 0 aliphatic carbocycles. The Morgan fingerprint density at radius 2 is 1.93 bits per heavy atom. The van der Waals surface area contributed by atoms with E-state index in [2.05, 4.69) is 29.8 Å². The van der Waals surface area contributed by atoms with Crippen LogP contribution in [0.2, 0.25) is 0 Å². The number of pyridine rings is 1. The van der Waals surface area contributed by atoms with Crippen LogP contribution < -0.4 is 10.6 Å². The first kappa shape index (κ1) is 10.3. The van der Waals surface area contributed by atoms with E-state index in [9.17, 15) is 0 Å². The van der Waals surface area contributed by atoms with E-state index in [1.807, 2.05) is 12.3 Å². The molecule has 3 heteroatoms. The van der Waals surface area contributed by atoms with Gasteiger partial charge < -0.3 is 10.6 Å². The Labute approximate surface area is 91.3 Å². The molecule has 0 aromatic carbocycles. The molecule has 82 valence electrons. The van der Waals surface area contributed by atoms with Crippen molar-refractivity contribution in [3.05, 3.63) is 18.3 Å². The highest BCUT2D eigenvalue weighted by Gasteiger charge is 2.24. The zero-order valence-corrected chi connectivity index (χ0v) is 9.48. The fraction of sp³-hybridized carbons (Fsp3) is 0.583. The van der Waals surface area contributed by atoms with Crippen molar-refractivity contribution in [3.8, 4) is 0 Å². The summed E-state index contributed by atoms with van der Waals surface area (Å²) in [5.74, 6) is 0.594. The molecular weight excluding hydrogens is 186 g/mol. The van der Waals surface area contributed by atoms with Crippen LogP contribution in [-0.2, 0) is 0 Å². The summed E-state index contributed by atoms with van der Waals surface area (Å²) in [4.78, 5) is 6.61. The van der Waals surface area contributed by atoms with E-state index >= 15 is 0 Å². The van der Waals surface area contributed by atoms with Gasteiger partial charge in [-0.15, -0.1) is 0 Å². The molecule has 2 N–H and O–H groups in total. The molecule has 1 aromatic heterocycles. The minimum atomic E-state index is 0.594. The fourth-order valence-electron chi connectivity index (χ4n) is 2.48. The van der Waals surface area contributed by atoms with Gasteiger partial charge in [-0.2, -0.15) is 0 Å². The summed E-state index contributed by atoms with van der Waals surface area (Å²) in [7, 11) is 0. The second-order valence-corrected chi connectivity index (χ2v) is 4.48. The third kappa shape index (κ3) is 2.06. The van der Waals surface area contributed by atoms with E-state index in [0.29, 0.717) is 17.9 Å². The van der Waals surface area contributed by atoms with Gasteiger partial charge in [-0.1, -0.05) is 0 Å². The van der Waals surface area contributed by atoms with Crippen molar-refractivity contribution in [2.45, 2.75) is 45.2 Å². The van der Waals surface area contributed by atoms with Gasteiger partial charge in [-0.25, -0.2) is 4.98 Å². The van der Waals surface area contributed by atoms with Crippen LogP contribution in [0.3, 0.4) is 0 Å². The van der Waals surface area contributed by atoms with Gasteiger partial charge in [-0.05, 0) is 45.2 Å².